The van der Waals surface area contributed by atoms with Crippen molar-refractivity contribution in [1.82, 2.24) is 20.5 Å². The first kappa shape index (κ1) is 11.4. The van der Waals surface area contributed by atoms with Crippen LogP contribution < -0.4 is 5.32 Å². The summed E-state index contributed by atoms with van der Waals surface area (Å²) in [4.78, 5) is 15.9. The maximum absolute atomic E-state index is 11.9. The minimum Gasteiger partial charge on any atom is -0.345 e. The third kappa shape index (κ3) is 2.30. The number of rotatable bonds is 3. The van der Waals surface area contributed by atoms with Crippen LogP contribution in [0.15, 0.2) is 48.7 Å². The Kier molecular flexibility index (Phi) is 2.94. The number of pyridine rings is 1. The normalized spacial score (nSPS) is 10.5. The van der Waals surface area contributed by atoms with Crippen LogP contribution in [0.4, 0.5) is 0 Å². The number of carbonyl (C=O) groups excluding carboxylic acids is 1. The predicted molar refractivity (Wildman–Crippen MR) is 71.5 cm³/mol. The number of nitrogens with one attached hydrogen (secondary N) is 2. The molecule has 2 aromatic heterocycles. The highest BCUT2D eigenvalue weighted by Gasteiger charge is 2.08. The fourth-order valence-electron chi connectivity index (χ4n) is 1.91. The van der Waals surface area contributed by atoms with E-state index in [-0.39, 0.29) is 5.91 Å². The van der Waals surface area contributed by atoms with Crippen LogP contribution in [-0.4, -0.2) is 21.1 Å². The number of carbonyl (C=O) groups is 1. The van der Waals surface area contributed by atoms with Crippen LogP contribution in [-0.2, 0) is 6.54 Å². The number of aromatic amines is 1. The molecule has 0 aliphatic carbocycles. The molecule has 5 heteroatoms. The summed E-state index contributed by atoms with van der Waals surface area (Å²) < 4.78 is 0. The van der Waals surface area contributed by atoms with Crippen molar-refractivity contribution in [2.24, 2.45) is 0 Å². The SMILES string of the molecule is O=C(NCc1[nH]nc2ccccc12)c1ccccn1. The van der Waals surface area contributed by atoms with Gasteiger partial charge in [-0.05, 0) is 18.2 Å². The van der Waals surface area contributed by atoms with Gasteiger partial charge in [0, 0.05) is 11.6 Å². The van der Waals surface area contributed by atoms with Gasteiger partial charge in [-0.15, -0.1) is 0 Å². The summed E-state index contributed by atoms with van der Waals surface area (Å²) in [5.74, 6) is -0.195. The Hall–Kier alpha value is -2.69. The zero-order valence-corrected chi connectivity index (χ0v) is 10.1. The highest BCUT2D eigenvalue weighted by Crippen LogP contribution is 2.14. The molecule has 0 saturated carbocycles. The van der Waals surface area contributed by atoms with Gasteiger partial charge in [-0.2, -0.15) is 5.10 Å². The number of hydrogen-bond donors (Lipinski definition) is 2. The molecule has 5 nitrogen and oxygen atoms in total. The van der Waals surface area contributed by atoms with Gasteiger partial charge in [0.2, 0.25) is 0 Å². The monoisotopic (exact) mass is 252 g/mol. The van der Waals surface area contributed by atoms with Gasteiger partial charge in [0.25, 0.3) is 5.91 Å². The van der Waals surface area contributed by atoms with E-state index in [4.69, 9.17) is 0 Å². The number of benzene rings is 1. The topological polar surface area (TPSA) is 70.7 Å². The molecule has 19 heavy (non-hydrogen) atoms. The summed E-state index contributed by atoms with van der Waals surface area (Å²) in [7, 11) is 0. The first-order valence-electron chi connectivity index (χ1n) is 5.96. The van der Waals surface area contributed by atoms with E-state index in [9.17, 15) is 4.79 Å². The molecule has 1 amide bonds. The second-order valence-corrected chi connectivity index (χ2v) is 4.12. The van der Waals surface area contributed by atoms with Crippen molar-refractivity contribution in [1.29, 1.82) is 0 Å². The van der Waals surface area contributed by atoms with E-state index in [2.05, 4.69) is 20.5 Å². The Balaban J connectivity index is 1.75. The number of aromatic nitrogens is 3. The van der Waals surface area contributed by atoms with Gasteiger partial charge in [-0.3, -0.25) is 14.9 Å². The lowest BCUT2D eigenvalue weighted by Crippen LogP contribution is -2.23. The molecule has 0 atom stereocenters. The molecular weight excluding hydrogens is 240 g/mol. The van der Waals surface area contributed by atoms with Crippen molar-refractivity contribution in [2.75, 3.05) is 0 Å². The van der Waals surface area contributed by atoms with Crippen molar-refractivity contribution in [2.45, 2.75) is 6.54 Å². The summed E-state index contributed by atoms with van der Waals surface area (Å²) >= 11 is 0. The van der Waals surface area contributed by atoms with Crippen LogP contribution >= 0.6 is 0 Å². The van der Waals surface area contributed by atoms with Gasteiger partial charge in [0.15, 0.2) is 0 Å². The van der Waals surface area contributed by atoms with Crippen molar-refractivity contribution < 1.29 is 4.79 Å². The van der Waals surface area contributed by atoms with Crippen molar-refractivity contribution in [3.63, 3.8) is 0 Å². The Labute approximate surface area is 109 Å². The molecule has 0 bridgehead atoms. The van der Waals surface area contributed by atoms with Crippen LogP contribution in [0.2, 0.25) is 0 Å². The number of nitrogens with zero attached hydrogens (tertiary/aromatic N) is 2. The molecule has 3 rings (SSSR count). The van der Waals surface area contributed by atoms with Gasteiger partial charge >= 0.3 is 0 Å². The maximum Gasteiger partial charge on any atom is 0.270 e. The van der Waals surface area contributed by atoms with Crippen LogP contribution in [0.25, 0.3) is 10.9 Å². The van der Waals surface area contributed by atoms with Gasteiger partial charge in [0.1, 0.15) is 5.69 Å². The Morgan fingerprint density at radius 3 is 2.84 bits per heavy atom. The second-order valence-electron chi connectivity index (χ2n) is 4.12. The third-order valence-corrected chi connectivity index (χ3v) is 2.86. The summed E-state index contributed by atoms with van der Waals surface area (Å²) in [5.41, 5.74) is 2.19. The first-order valence-corrected chi connectivity index (χ1v) is 5.96. The van der Waals surface area contributed by atoms with Crippen LogP contribution in [0.1, 0.15) is 16.2 Å². The number of amides is 1. The second kappa shape index (κ2) is 4.89. The van der Waals surface area contributed by atoms with E-state index in [0.717, 1.165) is 16.6 Å². The molecule has 2 heterocycles. The average Bonchev–Trinajstić information content (AvgIpc) is 2.89. The third-order valence-electron chi connectivity index (χ3n) is 2.86. The Morgan fingerprint density at radius 1 is 1.16 bits per heavy atom. The minimum absolute atomic E-state index is 0.195. The summed E-state index contributed by atoms with van der Waals surface area (Å²) in [6, 6.07) is 13.0. The number of hydrogen-bond acceptors (Lipinski definition) is 3. The van der Waals surface area contributed by atoms with Gasteiger partial charge in [-0.25, -0.2) is 0 Å². The van der Waals surface area contributed by atoms with E-state index >= 15 is 0 Å². The summed E-state index contributed by atoms with van der Waals surface area (Å²) in [5, 5.41) is 11.0. The largest absolute Gasteiger partial charge is 0.345 e. The number of para-hydroxylation sites is 1. The van der Waals surface area contributed by atoms with E-state index < -0.39 is 0 Å². The van der Waals surface area contributed by atoms with Gasteiger partial charge in [0.05, 0.1) is 17.8 Å². The molecule has 94 valence electrons. The quantitative estimate of drug-likeness (QED) is 0.747. The van der Waals surface area contributed by atoms with Crippen LogP contribution in [0.5, 0.6) is 0 Å². The summed E-state index contributed by atoms with van der Waals surface area (Å²) in [6.07, 6.45) is 1.60. The van der Waals surface area contributed by atoms with Gasteiger partial charge in [-0.1, -0.05) is 24.3 Å². The number of H-pyrrole nitrogens is 1. The lowest BCUT2D eigenvalue weighted by atomic mass is 10.2. The molecular formula is C14H12N4O. The average molecular weight is 252 g/mol. The molecule has 0 aliphatic rings. The molecule has 0 radical (unpaired) electrons. The molecule has 0 saturated heterocycles. The zero-order chi connectivity index (χ0) is 13.1. The zero-order valence-electron chi connectivity index (χ0n) is 10.1. The highest BCUT2D eigenvalue weighted by molar-refractivity contribution is 5.92. The summed E-state index contributed by atoms with van der Waals surface area (Å²) in [6.45, 7) is 0.399. The molecule has 2 N–H and O–H groups in total. The minimum atomic E-state index is -0.195. The lowest BCUT2D eigenvalue weighted by Gasteiger charge is -2.03. The van der Waals surface area contributed by atoms with Gasteiger partial charge < -0.3 is 5.32 Å². The van der Waals surface area contributed by atoms with E-state index in [0.29, 0.717) is 12.2 Å². The van der Waals surface area contributed by atoms with Crippen molar-refractivity contribution >= 4 is 16.8 Å². The molecule has 0 fully saturated rings. The van der Waals surface area contributed by atoms with Crippen molar-refractivity contribution in [3.05, 3.63) is 60.0 Å². The molecule has 0 spiro atoms. The molecule has 0 unspecified atom stereocenters. The highest BCUT2D eigenvalue weighted by atomic mass is 16.1. The standard InChI is InChI=1S/C14H12N4O/c19-14(12-7-3-4-8-15-12)16-9-13-10-5-1-2-6-11(10)17-18-13/h1-8H,9H2,(H,16,19)(H,17,18). The fraction of sp³-hybridized carbons (Fsp3) is 0.0714. The predicted octanol–water partition coefficient (Wildman–Crippen LogP) is 1.89. The van der Waals surface area contributed by atoms with E-state index in [1.165, 1.54) is 0 Å². The maximum atomic E-state index is 11.9. The Bertz CT molecular complexity index is 706. The first-order chi connectivity index (χ1) is 9.34. The Morgan fingerprint density at radius 2 is 2.00 bits per heavy atom. The van der Waals surface area contributed by atoms with Crippen LogP contribution in [0, 0.1) is 0 Å². The van der Waals surface area contributed by atoms with E-state index in [1.54, 1.807) is 24.4 Å². The molecule has 1 aromatic carbocycles. The molecule has 3 aromatic rings. The van der Waals surface area contributed by atoms with Crippen molar-refractivity contribution in [3.8, 4) is 0 Å². The van der Waals surface area contributed by atoms with Crippen LogP contribution in [0.3, 0.4) is 0 Å². The fourth-order valence-corrected chi connectivity index (χ4v) is 1.91. The smallest absolute Gasteiger partial charge is 0.270 e. The molecule has 0 aliphatic heterocycles. The lowest BCUT2D eigenvalue weighted by molar-refractivity contribution is 0.0945. The van der Waals surface area contributed by atoms with E-state index in [1.807, 2.05) is 24.3 Å². The number of fused-ring (bicyclic) bond motifs is 1.